The lowest BCUT2D eigenvalue weighted by Gasteiger charge is -2.18. The lowest BCUT2D eigenvalue weighted by molar-refractivity contribution is -0.117. The van der Waals surface area contributed by atoms with E-state index in [-0.39, 0.29) is 12.0 Å². The first-order chi connectivity index (χ1) is 9.01. The van der Waals surface area contributed by atoms with E-state index in [4.69, 9.17) is 16.3 Å². The Bertz CT molecular complexity index is 479. The van der Waals surface area contributed by atoms with E-state index in [0.29, 0.717) is 23.1 Å². The maximum atomic E-state index is 11.9. The van der Waals surface area contributed by atoms with Gasteiger partial charge in [0, 0.05) is 24.0 Å². The van der Waals surface area contributed by atoms with Crippen LogP contribution in [-0.4, -0.2) is 23.9 Å². The Balaban J connectivity index is 2.18. The molecule has 1 amide bonds. The third-order valence-electron chi connectivity index (χ3n) is 3.01. The number of alkyl halides is 1. The van der Waals surface area contributed by atoms with Crippen molar-refractivity contribution in [2.45, 2.75) is 26.4 Å². The number of hydrogen-bond donors (Lipinski definition) is 0. The minimum absolute atomic E-state index is 0.0783. The van der Waals surface area contributed by atoms with E-state index in [1.807, 2.05) is 26.0 Å². The first-order valence-corrected chi connectivity index (χ1v) is 7.83. The third kappa shape index (κ3) is 3.42. The Morgan fingerprint density at radius 3 is 2.79 bits per heavy atom. The van der Waals surface area contributed by atoms with Crippen molar-refractivity contribution in [3.05, 3.63) is 23.2 Å². The van der Waals surface area contributed by atoms with Gasteiger partial charge in [0.25, 0.3) is 0 Å². The van der Waals surface area contributed by atoms with Crippen LogP contribution in [0.15, 0.2) is 18.2 Å². The highest BCUT2D eigenvalue weighted by atomic mass is 79.9. The van der Waals surface area contributed by atoms with E-state index in [1.165, 1.54) is 0 Å². The number of benzene rings is 1. The summed E-state index contributed by atoms with van der Waals surface area (Å²) in [4.78, 5) is 13.7. The van der Waals surface area contributed by atoms with E-state index in [1.54, 1.807) is 11.0 Å². The van der Waals surface area contributed by atoms with Crippen LogP contribution in [0.3, 0.4) is 0 Å². The number of halogens is 2. The fourth-order valence-electron chi connectivity index (χ4n) is 2.14. The summed E-state index contributed by atoms with van der Waals surface area (Å²) in [5.74, 6) is 1.18. The second kappa shape index (κ2) is 6.14. The van der Waals surface area contributed by atoms with Crippen molar-refractivity contribution in [3.63, 3.8) is 0 Å². The highest BCUT2D eigenvalue weighted by molar-refractivity contribution is 9.09. The Hall–Kier alpha value is -0.740. The first kappa shape index (κ1) is 14.7. The molecule has 1 aliphatic rings. The fourth-order valence-corrected chi connectivity index (χ4v) is 2.79. The predicted molar refractivity (Wildman–Crippen MR) is 81.5 cm³/mol. The van der Waals surface area contributed by atoms with Gasteiger partial charge in [-0.15, -0.1) is 0 Å². The molecule has 1 atom stereocenters. The first-order valence-electron chi connectivity index (χ1n) is 6.33. The number of amides is 1. The highest BCUT2D eigenvalue weighted by Crippen LogP contribution is 2.33. The molecule has 104 valence electrons. The van der Waals surface area contributed by atoms with Crippen molar-refractivity contribution < 1.29 is 9.53 Å². The number of ether oxygens (including phenoxy) is 1. The molecule has 1 saturated heterocycles. The van der Waals surface area contributed by atoms with Crippen molar-refractivity contribution in [3.8, 4) is 5.75 Å². The van der Waals surface area contributed by atoms with Crippen LogP contribution in [0.2, 0.25) is 5.02 Å². The molecule has 1 fully saturated rings. The maximum absolute atomic E-state index is 11.9. The minimum atomic E-state index is 0.0783. The molecule has 19 heavy (non-hydrogen) atoms. The summed E-state index contributed by atoms with van der Waals surface area (Å²) in [6.07, 6.45) is 0.669. The lowest BCUT2D eigenvalue weighted by atomic mass is 10.2. The number of carbonyl (C=O) groups excluding carboxylic acids is 1. The van der Waals surface area contributed by atoms with Gasteiger partial charge in [0.15, 0.2) is 0 Å². The van der Waals surface area contributed by atoms with Crippen molar-refractivity contribution in [1.82, 2.24) is 0 Å². The van der Waals surface area contributed by atoms with Gasteiger partial charge in [0.1, 0.15) is 5.75 Å². The molecule has 0 N–H and O–H groups in total. The van der Waals surface area contributed by atoms with Crippen LogP contribution in [0.1, 0.15) is 20.3 Å². The third-order valence-corrected chi connectivity index (χ3v) is 4.22. The number of rotatable bonds is 4. The van der Waals surface area contributed by atoms with E-state index < -0.39 is 0 Å². The molecule has 0 aliphatic carbocycles. The Morgan fingerprint density at radius 1 is 1.53 bits per heavy atom. The standard InChI is InChI=1S/C14H17BrClNO2/c1-9(2)19-13-4-3-11(6-12(13)16)17-8-10(7-15)5-14(17)18/h3-4,6,9-10H,5,7-8H2,1-2H3. The van der Waals surface area contributed by atoms with Crippen LogP contribution >= 0.6 is 27.5 Å². The monoisotopic (exact) mass is 345 g/mol. The van der Waals surface area contributed by atoms with E-state index in [2.05, 4.69) is 15.9 Å². The second-order valence-electron chi connectivity index (χ2n) is 5.01. The van der Waals surface area contributed by atoms with Crippen molar-refractivity contribution >= 4 is 39.1 Å². The van der Waals surface area contributed by atoms with Crippen LogP contribution in [0, 0.1) is 5.92 Å². The van der Waals surface area contributed by atoms with Gasteiger partial charge in [-0.05, 0) is 38.0 Å². The average molecular weight is 347 g/mol. The summed E-state index contributed by atoms with van der Waals surface area (Å²) in [7, 11) is 0. The molecule has 1 unspecified atom stereocenters. The highest BCUT2D eigenvalue weighted by Gasteiger charge is 2.30. The summed E-state index contributed by atoms with van der Waals surface area (Å²) in [6.45, 7) is 4.65. The van der Waals surface area contributed by atoms with Crippen LogP contribution in [0.5, 0.6) is 5.75 Å². The molecule has 1 heterocycles. The Labute approximate surface area is 127 Å². The van der Waals surface area contributed by atoms with Crippen LogP contribution in [-0.2, 0) is 4.79 Å². The van der Waals surface area contributed by atoms with Crippen LogP contribution in [0.4, 0.5) is 5.69 Å². The van der Waals surface area contributed by atoms with Crippen molar-refractivity contribution in [1.29, 1.82) is 0 Å². The zero-order valence-electron chi connectivity index (χ0n) is 11.0. The fraction of sp³-hybridized carbons (Fsp3) is 0.500. The summed E-state index contributed by atoms with van der Waals surface area (Å²) in [6, 6.07) is 5.51. The van der Waals surface area contributed by atoms with Crippen LogP contribution < -0.4 is 9.64 Å². The molecule has 1 aromatic carbocycles. The van der Waals surface area contributed by atoms with Gasteiger partial charge in [-0.3, -0.25) is 4.79 Å². The van der Waals surface area contributed by atoms with Gasteiger partial charge in [-0.25, -0.2) is 0 Å². The molecule has 3 nitrogen and oxygen atoms in total. The van der Waals surface area contributed by atoms with Gasteiger partial charge in [-0.2, -0.15) is 0 Å². The number of nitrogens with zero attached hydrogens (tertiary/aromatic N) is 1. The van der Waals surface area contributed by atoms with Crippen LogP contribution in [0.25, 0.3) is 0 Å². The van der Waals surface area contributed by atoms with Gasteiger partial charge in [-0.1, -0.05) is 27.5 Å². The number of carbonyl (C=O) groups is 1. The molecular formula is C14H17BrClNO2. The minimum Gasteiger partial charge on any atom is -0.489 e. The average Bonchev–Trinajstić information content (AvgIpc) is 2.73. The lowest BCUT2D eigenvalue weighted by Crippen LogP contribution is -2.24. The van der Waals surface area contributed by atoms with Gasteiger partial charge in [0.05, 0.1) is 11.1 Å². The van der Waals surface area contributed by atoms with E-state index in [9.17, 15) is 4.79 Å². The topological polar surface area (TPSA) is 29.5 Å². The SMILES string of the molecule is CC(C)Oc1ccc(N2CC(CBr)CC2=O)cc1Cl. The normalized spacial score (nSPS) is 19.3. The zero-order valence-corrected chi connectivity index (χ0v) is 13.4. The Morgan fingerprint density at radius 2 is 2.26 bits per heavy atom. The number of hydrogen-bond acceptors (Lipinski definition) is 2. The van der Waals surface area contributed by atoms with Gasteiger partial charge in [0.2, 0.25) is 5.91 Å². The quantitative estimate of drug-likeness (QED) is 0.774. The van der Waals surface area contributed by atoms with Gasteiger partial charge < -0.3 is 9.64 Å². The van der Waals surface area contributed by atoms with Crippen molar-refractivity contribution in [2.24, 2.45) is 5.92 Å². The predicted octanol–water partition coefficient (Wildman–Crippen LogP) is 3.88. The largest absolute Gasteiger partial charge is 0.489 e. The summed E-state index contributed by atoms with van der Waals surface area (Å²) < 4.78 is 5.59. The van der Waals surface area contributed by atoms with Crippen molar-refractivity contribution in [2.75, 3.05) is 16.8 Å². The number of anilines is 1. The Kier molecular flexibility index (Phi) is 4.74. The van der Waals surface area contributed by atoms with E-state index in [0.717, 1.165) is 17.6 Å². The molecule has 1 aromatic rings. The summed E-state index contributed by atoms with van der Waals surface area (Å²) in [5, 5.41) is 1.39. The molecule has 2 rings (SSSR count). The molecule has 0 aromatic heterocycles. The molecule has 1 aliphatic heterocycles. The molecule has 0 spiro atoms. The van der Waals surface area contributed by atoms with Gasteiger partial charge >= 0.3 is 0 Å². The second-order valence-corrected chi connectivity index (χ2v) is 6.06. The molecule has 0 saturated carbocycles. The zero-order chi connectivity index (χ0) is 14.0. The maximum Gasteiger partial charge on any atom is 0.227 e. The molecule has 5 heteroatoms. The smallest absolute Gasteiger partial charge is 0.227 e. The molecule has 0 bridgehead atoms. The molecule has 0 radical (unpaired) electrons. The molecular weight excluding hydrogens is 330 g/mol. The summed E-state index contributed by atoms with van der Waals surface area (Å²) >= 11 is 9.63. The van der Waals surface area contributed by atoms with E-state index >= 15 is 0 Å². The summed E-state index contributed by atoms with van der Waals surface area (Å²) in [5.41, 5.74) is 0.842.